The first-order chi connectivity index (χ1) is 25.3. The van der Waals surface area contributed by atoms with E-state index >= 15 is 0 Å². The van der Waals surface area contributed by atoms with Gasteiger partial charge in [-0.2, -0.15) is 5.26 Å². The summed E-state index contributed by atoms with van der Waals surface area (Å²) < 4.78 is 21.6. The number of fused-ring (bicyclic) bond motifs is 2. The lowest BCUT2D eigenvalue weighted by atomic mass is 10.2. The Morgan fingerprint density at radius 3 is 1.64 bits per heavy atom. The van der Waals surface area contributed by atoms with Crippen molar-refractivity contribution in [2.75, 3.05) is 20.8 Å². The van der Waals surface area contributed by atoms with Gasteiger partial charge in [-0.3, -0.25) is 0 Å². The molecule has 2 aromatic carbocycles. The van der Waals surface area contributed by atoms with Gasteiger partial charge in [0, 0.05) is 13.1 Å². The van der Waals surface area contributed by atoms with Crippen LogP contribution in [0.3, 0.4) is 0 Å². The van der Waals surface area contributed by atoms with Crippen LogP contribution in [0.2, 0.25) is 0 Å². The van der Waals surface area contributed by atoms with E-state index in [1.807, 2.05) is 59.2 Å². The molecule has 0 fully saturated rings. The number of methoxy groups -OCH3 is 2. The molecule has 6 aromatic rings. The van der Waals surface area contributed by atoms with Crippen LogP contribution in [0.15, 0.2) is 71.3 Å². The lowest BCUT2D eigenvalue weighted by Gasteiger charge is -2.10. The maximum Gasteiger partial charge on any atom is 0.360 e. The molecule has 0 unspecified atom stereocenters. The van der Waals surface area contributed by atoms with E-state index in [1.54, 1.807) is 25.7 Å². The number of aromatic hydroxyl groups is 2. The number of pyridine rings is 2. The highest BCUT2D eigenvalue weighted by Crippen LogP contribution is 2.44. The number of aromatic carboxylic acids is 1. The minimum Gasteiger partial charge on any atom is -0.505 e. The number of rotatable bonds is 9. The van der Waals surface area contributed by atoms with Gasteiger partial charge < -0.3 is 38.7 Å². The fraction of sp³-hybridized carbons (Fsp3) is 0.171. The first-order valence-corrected chi connectivity index (χ1v) is 19.2. The number of esters is 1. The third-order valence-corrected chi connectivity index (χ3v) is 12.7. The molecule has 4 aromatic heterocycles. The van der Waals surface area contributed by atoms with Crippen molar-refractivity contribution in [2.24, 2.45) is 0 Å². The van der Waals surface area contributed by atoms with Gasteiger partial charge in [-0.05, 0) is 122 Å². The summed E-state index contributed by atoms with van der Waals surface area (Å²) in [6.07, 6.45) is 0. The number of nitriles is 1. The van der Waals surface area contributed by atoms with Crippen molar-refractivity contribution in [3.8, 4) is 29.1 Å². The molecule has 0 radical (unpaired) electrons. The normalized spacial score (nSPS) is 10.8. The van der Waals surface area contributed by atoms with Crippen LogP contribution >= 0.6 is 79.6 Å². The van der Waals surface area contributed by atoms with Crippen molar-refractivity contribution in [1.29, 1.82) is 5.26 Å². The van der Waals surface area contributed by atoms with Crippen LogP contribution in [-0.2, 0) is 17.8 Å². The molecule has 0 saturated carbocycles. The molecular formula is C35H26Br5N5O8. The maximum atomic E-state index is 12.1. The number of halogens is 5. The van der Waals surface area contributed by atoms with Crippen LogP contribution in [0.4, 0.5) is 0 Å². The molecule has 0 atom stereocenters. The summed E-state index contributed by atoms with van der Waals surface area (Å²) in [7, 11) is 3.20. The average molecular weight is 1040 g/mol. The number of carbonyl (C=O) groups is 2. The van der Waals surface area contributed by atoms with E-state index in [4.69, 9.17) is 14.2 Å². The van der Waals surface area contributed by atoms with E-state index in [2.05, 4.69) is 89.6 Å². The Morgan fingerprint density at radius 2 is 1.21 bits per heavy atom. The van der Waals surface area contributed by atoms with Gasteiger partial charge in [0.2, 0.25) is 0 Å². The van der Waals surface area contributed by atoms with Crippen molar-refractivity contribution in [3.63, 3.8) is 0 Å². The lowest BCUT2D eigenvalue weighted by Crippen LogP contribution is -2.10. The highest BCUT2D eigenvalue weighted by atomic mass is 79.9. The minimum absolute atomic E-state index is 0.00997. The Hall–Kier alpha value is -4.15. The van der Waals surface area contributed by atoms with E-state index in [0.717, 1.165) is 22.6 Å². The van der Waals surface area contributed by atoms with Gasteiger partial charge in [-0.25, -0.2) is 19.6 Å². The molecule has 4 heterocycles. The number of nitrogens with zero attached hydrogens (tertiary/aromatic N) is 5. The fourth-order valence-corrected chi connectivity index (χ4v) is 8.13. The Kier molecular flexibility index (Phi) is 12.8. The van der Waals surface area contributed by atoms with Gasteiger partial charge in [-0.15, -0.1) is 0 Å². The number of ether oxygens (including phenoxy) is 3. The molecule has 0 saturated heterocycles. The molecule has 53 heavy (non-hydrogen) atoms. The number of benzene rings is 2. The monoisotopic (exact) mass is 1040 g/mol. The largest absolute Gasteiger partial charge is 0.505 e. The Balaban J connectivity index is 0.000000206. The number of carboxylic acid groups (broad SMARTS) is 1. The summed E-state index contributed by atoms with van der Waals surface area (Å²) in [4.78, 5) is 31.4. The third kappa shape index (κ3) is 7.90. The second-order valence-electron chi connectivity index (χ2n) is 10.9. The molecule has 13 nitrogen and oxygen atoms in total. The van der Waals surface area contributed by atoms with Crippen molar-refractivity contribution < 1.29 is 39.1 Å². The summed E-state index contributed by atoms with van der Waals surface area (Å²) in [6, 6.07) is 17.1. The van der Waals surface area contributed by atoms with Crippen molar-refractivity contribution in [3.05, 3.63) is 99.5 Å². The Morgan fingerprint density at radius 1 is 0.755 bits per heavy atom. The van der Waals surface area contributed by atoms with Gasteiger partial charge in [0.05, 0.1) is 51.6 Å². The summed E-state index contributed by atoms with van der Waals surface area (Å²) in [5.74, 6) is -1.32. The second kappa shape index (κ2) is 16.9. The molecular weight excluding hydrogens is 1020 g/mol. The van der Waals surface area contributed by atoms with Gasteiger partial charge in [-0.1, -0.05) is 24.3 Å². The molecule has 0 aliphatic rings. The molecule has 0 spiro atoms. The van der Waals surface area contributed by atoms with Crippen LogP contribution < -0.4 is 9.47 Å². The topological polar surface area (TPSA) is 182 Å². The zero-order valence-electron chi connectivity index (χ0n) is 27.7. The van der Waals surface area contributed by atoms with Crippen LogP contribution in [0, 0.1) is 11.3 Å². The lowest BCUT2D eigenvalue weighted by molar-refractivity contribution is 0.0515. The van der Waals surface area contributed by atoms with Crippen LogP contribution in [-0.4, -0.2) is 67.2 Å². The molecule has 0 bridgehead atoms. The highest BCUT2D eigenvalue weighted by molar-refractivity contribution is 9.13. The molecule has 0 aliphatic carbocycles. The summed E-state index contributed by atoms with van der Waals surface area (Å²) >= 11 is 17.2. The van der Waals surface area contributed by atoms with Gasteiger partial charge in [0.25, 0.3) is 0 Å². The van der Waals surface area contributed by atoms with E-state index < -0.39 is 17.6 Å². The first-order valence-electron chi connectivity index (χ1n) is 15.2. The van der Waals surface area contributed by atoms with Gasteiger partial charge in [0.1, 0.15) is 31.4 Å². The van der Waals surface area contributed by atoms with Crippen molar-refractivity contribution >= 4 is 113 Å². The number of carboxylic acids is 1. The van der Waals surface area contributed by atoms with Gasteiger partial charge >= 0.3 is 11.9 Å². The number of hydrogen-bond donors (Lipinski definition) is 3. The van der Waals surface area contributed by atoms with Crippen LogP contribution in [0.1, 0.15) is 44.7 Å². The molecule has 3 N–H and O–H groups in total. The van der Waals surface area contributed by atoms with E-state index in [0.29, 0.717) is 57.7 Å². The quantitative estimate of drug-likeness (QED) is 0.0928. The second-order valence-corrected chi connectivity index (χ2v) is 14.8. The van der Waals surface area contributed by atoms with Crippen molar-refractivity contribution in [2.45, 2.75) is 20.0 Å². The molecule has 0 aliphatic heterocycles. The third-order valence-electron chi connectivity index (χ3n) is 7.84. The standard InChI is InChI=1S/C19H15Br2N3O4.C16H11Br3N2O4/c1-3-28-19(26)15-17(25)13-14(20)18(21)24(16(13)12(8-22)23-15)9-10-4-6-11(27-2)7-5-10;1-25-8-4-2-7(3-5-8)6-21-12-9(10(17)15(21)19)13(22)11(16(23)24)20-14(12)18/h4-7,25H,3,9H2,1-2H3;2-5,22H,6H2,1H3,(H,23,24). The predicted octanol–water partition coefficient (Wildman–Crippen LogP) is 9.16. The summed E-state index contributed by atoms with van der Waals surface area (Å²) in [6.45, 7) is 2.67. The molecule has 18 heteroatoms. The Bertz CT molecular complexity index is 2420. The Labute approximate surface area is 343 Å². The van der Waals surface area contributed by atoms with E-state index in [1.165, 1.54) is 0 Å². The maximum absolute atomic E-state index is 12.1. The zero-order valence-corrected chi connectivity index (χ0v) is 35.7. The van der Waals surface area contributed by atoms with Crippen LogP contribution in [0.5, 0.6) is 23.0 Å². The number of hydrogen-bond acceptors (Lipinski definition) is 10. The zero-order chi connectivity index (χ0) is 38.7. The van der Waals surface area contributed by atoms with E-state index in [-0.39, 0.29) is 29.5 Å². The fourth-order valence-electron chi connectivity index (χ4n) is 5.36. The van der Waals surface area contributed by atoms with Crippen molar-refractivity contribution in [1.82, 2.24) is 19.1 Å². The molecule has 0 amide bonds. The average Bonchev–Trinajstić information content (AvgIpc) is 3.55. The summed E-state index contributed by atoms with van der Waals surface area (Å²) in [5.41, 5.74) is 2.24. The molecule has 6 rings (SSSR count). The first kappa shape index (κ1) is 40.0. The predicted molar refractivity (Wildman–Crippen MR) is 213 cm³/mol. The smallest absolute Gasteiger partial charge is 0.360 e. The SMILES string of the molecule is CCOC(=O)c1nc(C#N)c2c(c1O)c(Br)c(Br)n2Cc1ccc(OC)cc1.COc1ccc(Cn2c(Br)c(Br)c3c(O)c(C(=O)O)nc(Br)c32)cc1. The number of aromatic nitrogens is 4. The van der Waals surface area contributed by atoms with Crippen LogP contribution in [0.25, 0.3) is 21.8 Å². The highest BCUT2D eigenvalue weighted by Gasteiger charge is 2.28. The van der Waals surface area contributed by atoms with Gasteiger partial charge in [0.15, 0.2) is 28.6 Å². The number of carbonyl (C=O) groups excluding carboxylic acids is 1. The van der Waals surface area contributed by atoms with E-state index in [9.17, 15) is 30.2 Å². The minimum atomic E-state index is -1.30. The summed E-state index contributed by atoms with van der Waals surface area (Å²) in [5, 5.41) is 40.5. The molecule has 274 valence electrons.